The Hall–Kier alpha value is -1.06. The van der Waals surface area contributed by atoms with Crippen LogP contribution < -0.4 is 10.1 Å². The van der Waals surface area contributed by atoms with Gasteiger partial charge in [0.2, 0.25) is 0 Å². The van der Waals surface area contributed by atoms with Gasteiger partial charge in [-0.15, -0.1) is 0 Å². The van der Waals surface area contributed by atoms with Crippen LogP contribution in [0.5, 0.6) is 5.75 Å². The normalized spacial score (nSPS) is 31.2. The van der Waals surface area contributed by atoms with E-state index < -0.39 is 0 Å². The molecule has 1 N–H and O–H groups in total. The Morgan fingerprint density at radius 3 is 2.45 bits per heavy atom. The smallest absolute Gasteiger partial charge is 0.122 e. The van der Waals surface area contributed by atoms with Gasteiger partial charge in [-0.1, -0.05) is 25.1 Å². The van der Waals surface area contributed by atoms with Crippen LogP contribution in [-0.2, 0) is 11.2 Å². The average molecular weight is 277 g/mol. The van der Waals surface area contributed by atoms with Crippen LogP contribution in [0.2, 0.25) is 0 Å². The molecule has 1 aromatic rings. The van der Waals surface area contributed by atoms with Gasteiger partial charge in [-0.25, -0.2) is 0 Å². The number of ether oxygens (including phenoxy) is 2. The predicted octanol–water partition coefficient (Wildman–Crippen LogP) is 2.89. The minimum Gasteiger partial charge on any atom is -0.496 e. The van der Waals surface area contributed by atoms with E-state index in [1.807, 2.05) is 19.2 Å². The molecule has 0 amide bonds. The number of likely N-dealkylation sites (N-methyl/N-ethyl adjacent to an activating group) is 1. The molecule has 1 fully saturated rings. The van der Waals surface area contributed by atoms with Crippen LogP contribution in [0.1, 0.15) is 26.3 Å². The average Bonchev–Trinajstić information content (AvgIpc) is 2.70. The minimum atomic E-state index is 0.298. The van der Waals surface area contributed by atoms with Gasteiger partial charge in [0.25, 0.3) is 0 Å². The van der Waals surface area contributed by atoms with E-state index in [1.54, 1.807) is 7.11 Å². The maximum absolute atomic E-state index is 5.99. The lowest BCUT2D eigenvalue weighted by atomic mass is 9.81. The first-order valence-corrected chi connectivity index (χ1v) is 7.53. The summed E-state index contributed by atoms with van der Waals surface area (Å²) in [5.41, 5.74) is 1.26. The summed E-state index contributed by atoms with van der Waals surface area (Å²) in [6, 6.07) is 8.68. The van der Waals surface area contributed by atoms with E-state index >= 15 is 0 Å². The monoisotopic (exact) mass is 277 g/mol. The van der Waals surface area contributed by atoms with Gasteiger partial charge >= 0.3 is 0 Å². The highest BCUT2D eigenvalue weighted by molar-refractivity contribution is 5.34. The molecule has 5 unspecified atom stereocenters. The number of para-hydroxylation sites is 1. The molecule has 1 aliphatic rings. The number of benzene rings is 1. The largest absolute Gasteiger partial charge is 0.496 e. The fourth-order valence-electron chi connectivity index (χ4n) is 3.53. The lowest BCUT2D eigenvalue weighted by Crippen LogP contribution is -2.41. The summed E-state index contributed by atoms with van der Waals surface area (Å²) in [7, 11) is 3.78. The molecule has 3 heteroatoms. The molecule has 0 aliphatic carbocycles. The molecule has 3 nitrogen and oxygen atoms in total. The van der Waals surface area contributed by atoms with Gasteiger partial charge in [0.05, 0.1) is 19.3 Å². The fraction of sp³-hybridized carbons (Fsp3) is 0.647. The van der Waals surface area contributed by atoms with Gasteiger partial charge in [0.1, 0.15) is 5.75 Å². The van der Waals surface area contributed by atoms with E-state index in [-0.39, 0.29) is 0 Å². The standard InChI is InChI=1S/C17H27NO2/c1-11-12(2)20-13(3)17(11)15(18-4)10-14-8-6-7-9-16(14)19-5/h6-9,11-13,15,17-18H,10H2,1-5H3. The highest BCUT2D eigenvalue weighted by Crippen LogP contribution is 2.36. The highest BCUT2D eigenvalue weighted by Gasteiger charge is 2.41. The molecule has 0 bridgehead atoms. The number of hydrogen-bond donors (Lipinski definition) is 1. The summed E-state index contributed by atoms with van der Waals surface area (Å²) in [4.78, 5) is 0. The molecule has 0 aromatic heterocycles. The number of rotatable bonds is 5. The van der Waals surface area contributed by atoms with Crippen molar-refractivity contribution in [2.75, 3.05) is 14.2 Å². The summed E-state index contributed by atoms with van der Waals surface area (Å²) in [6.07, 6.45) is 1.60. The summed E-state index contributed by atoms with van der Waals surface area (Å²) in [6.45, 7) is 6.67. The molecule has 1 saturated heterocycles. The summed E-state index contributed by atoms with van der Waals surface area (Å²) < 4.78 is 11.5. The Labute approximate surface area is 122 Å². The maximum atomic E-state index is 5.99. The second kappa shape index (κ2) is 6.59. The molecule has 1 aromatic carbocycles. The van der Waals surface area contributed by atoms with Crippen LogP contribution in [-0.4, -0.2) is 32.4 Å². The van der Waals surface area contributed by atoms with E-state index in [9.17, 15) is 0 Å². The number of hydrogen-bond acceptors (Lipinski definition) is 3. The van der Waals surface area contributed by atoms with Crippen molar-refractivity contribution in [1.29, 1.82) is 0 Å². The predicted molar refractivity (Wildman–Crippen MR) is 82.2 cm³/mol. The van der Waals surface area contributed by atoms with Crippen molar-refractivity contribution < 1.29 is 9.47 Å². The van der Waals surface area contributed by atoms with E-state index in [4.69, 9.17) is 9.47 Å². The van der Waals surface area contributed by atoms with Gasteiger partial charge in [0.15, 0.2) is 0 Å². The molecule has 112 valence electrons. The van der Waals surface area contributed by atoms with Crippen LogP contribution in [0.4, 0.5) is 0 Å². The molecule has 20 heavy (non-hydrogen) atoms. The van der Waals surface area contributed by atoms with E-state index in [0.717, 1.165) is 12.2 Å². The van der Waals surface area contributed by atoms with Gasteiger partial charge < -0.3 is 14.8 Å². The van der Waals surface area contributed by atoms with Crippen molar-refractivity contribution >= 4 is 0 Å². The molecule has 1 aliphatic heterocycles. The topological polar surface area (TPSA) is 30.5 Å². The van der Waals surface area contributed by atoms with Crippen molar-refractivity contribution in [3.63, 3.8) is 0 Å². The summed E-state index contributed by atoms with van der Waals surface area (Å²) >= 11 is 0. The maximum Gasteiger partial charge on any atom is 0.122 e. The second-order valence-electron chi connectivity index (χ2n) is 5.89. The van der Waals surface area contributed by atoms with Crippen LogP contribution in [0.25, 0.3) is 0 Å². The lowest BCUT2D eigenvalue weighted by Gasteiger charge is -2.29. The van der Waals surface area contributed by atoms with Crippen molar-refractivity contribution in [3.05, 3.63) is 29.8 Å². The van der Waals surface area contributed by atoms with E-state index in [0.29, 0.717) is 30.1 Å². The van der Waals surface area contributed by atoms with Gasteiger partial charge in [-0.05, 0) is 44.9 Å². The SMILES string of the molecule is CNC(Cc1ccccc1OC)C1C(C)OC(C)C1C. The third-order valence-electron chi connectivity index (χ3n) is 4.79. The van der Waals surface area contributed by atoms with Gasteiger partial charge in [-0.3, -0.25) is 0 Å². The quantitative estimate of drug-likeness (QED) is 0.897. The molecular formula is C17H27NO2. The first-order valence-electron chi connectivity index (χ1n) is 7.53. The van der Waals surface area contributed by atoms with Crippen molar-refractivity contribution in [3.8, 4) is 5.75 Å². The Morgan fingerprint density at radius 2 is 1.90 bits per heavy atom. The Morgan fingerprint density at radius 1 is 1.20 bits per heavy atom. The molecule has 1 heterocycles. The first kappa shape index (κ1) is 15.3. The molecule has 2 rings (SSSR count). The zero-order valence-corrected chi connectivity index (χ0v) is 13.2. The zero-order chi connectivity index (χ0) is 14.7. The molecule has 0 saturated carbocycles. The van der Waals surface area contributed by atoms with E-state index in [1.165, 1.54) is 5.56 Å². The third kappa shape index (κ3) is 2.99. The Bertz CT molecular complexity index is 435. The molecule has 5 atom stereocenters. The van der Waals surface area contributed by atoms with Crippen LogP contribution in [0.15, 0.2) is 24.3 Å². The molecule has 0 spiro atoms. The highest BCUT2D eigenvalue weighted by atomic mass is 16.5. The Balaban J connectivity index is 2.17. The van der Waals surface area contributed by atoms with Crippen molar-refractivity contribution in [2.24, 2.45) is 11.8 Å². The van der Waals surface area contributed by atoms with Gasteiger partial charge in [0, 0.05) is 12.0 Å². The van der Waals surface area contributed by atoms with Crippen LogP contribution >= 0.6 is 0 Å². The van der Waals surface area contributed by atoms with Crippen LogP contribution in [0, 0.1) is 11.8 Å². The minimum absolute atomic E-state index is 0.298. The Kier molecular flexibility index (Phi) is 5.06. The van der Waals surface area contributed by atoms with Crippen molar-refractivity contribution in [2.45, 2.75) is 45.4 Å². The molecular weight excluding hydrogens is 250 g/mol. The lowest BCUT2D eigenvalue weighted by molar-refractivity contribution is 0.0478. The number of methoxy groups -OCH3 is 1. The first-order chi connectivity index (χ1) is 9.58. The second-order valence-corrected chi connectivity index (χ2v) is 5.89. The van der Waals surface area contributed by atoms with Gasteiger partial charge in [-0.2, -0.15) is 0 Å². The fourth-order valence-corrected chi connectivity index (χ4v) is 3.53. The van der Waals surface area contributed by atoms with Crippen LogP contribution in [0.3, 0.4) is 0 Å². The summed E-state index contributed by atoms with van der Waals surface area (Å²) in [5, 5.41) is 3.49. The zero-order valence-electron chi connectivity index (χ0n) is 13.2. The number of nitrogens with one attached hydrogen (secondary N) is 1. The van der Waals surface area contributed by atoms with Crippen molar-refractivity contribution in [1.82, 2.24) is 5.32 Å². The summed E-state index contributed by atoms with van der Waals surface area (Å²) in [5.74, 6) is 2.07. The molecule has 0 radical (unpaired) electrons. The third-order valence-corrected chi connectivity index (χ3v) is 4.79. The van der Waals surface area contributed by atoms with E-state index in [2.05, 4.69) is 38.2 Å².